The second-order valence-electron chi connectivity index (χ2n) is 26.9. The Balaban J connectivity index is -0.000000112. The summed E-state index contributed by atoms with van der Waals surface area (Å²) in [5, 5.41) is 17.6. The molecule has 1 aliphatic heterocycles. The highest BCUT2D eigenvalue weighted by atomic mass is 16.5. The minimum atomic E-state index is -0.282. The normalized spacial score (nSPS) is 18.0. The van der Waals surface area contributed by atoms with Gasteiger partial charge >= 0.3 is 0 Å². The molecule has 2 aliphatic carbocycles. The number of amides is 1. The minimum Gasteiger partial charge on any atom is -0.393 e. The lowest BCUT2D eigenvalue weighted by Crippen LogP contribution is -2.47. The lowest BCUT2D eigenvalue weighted by molar-refractivity contribution is -0.134. The molecule has 19 heteroatoms. The van der Waals surface area contributed by atoms with Crippen LogP contribution in [0.2, 0.25) is 0 Å². The van der Waals surface area contributed by atoms with Crippen molar-refractivity contribution < 1.29 is 58.0 Å². The molecule has 0 aromatic heterocycles. The molecule has 0 aromatic rings. The van der Waals surface area contributed by atoms with Gasteiger partial charge in [-0.2, -0.15) is 0 Å². The van der Waals surface area contributed by atoms with Crippen LogP contribution in [0.1, 0.15) is 276 Å². The van der Waals surface area contributed by atoms with Gasteiger partial charge in [0.25, 0.3) is 0 Å². The minimum absolute atomic E-state index is 0.00694. The fraction of sp³-hybridized carbons (Fsp3) is 0.886. The molecule has 11 unspecified atom stereocenters. The summed E-state index contributed by atoms with van der Waals surface area (Å²) in [7, 11) is 3.30. The number of methoxy groups -OCH3 is 2. The third-order valence-corrected chi connectivity index (χ3v) is 13.7. The van der Waals surface area contributed by atoms with Gasteiger partial charge in [-0.25, -0.2) is 0 Å². The van der Waals surface area contributed by atoms with Crippen LogP contribution >= 0.6 is 0 Å². The van der Waals surface area contributed by atoms with E-state index in [4.69, 9.17) is 49.4 Å². The van der Waals surface area contributed by atoms with E-state index >= 15 is 0 Å². The molecule has 1 heterocycles. The molecular weight excluding hydrogens is 1130 g/mol. The fourth-order valence-corrected chi connectivity index (χ4v) is 7.42. The zero-order valence-electron chi connectivity index (χ0n) is 62.8. The first-order valence-corrected chi connectivity index (χ1v) is 33.1. The summed E-state index contributed by atoms with van der Waals surface area (Å²) in [5.41, 5.74) is 32.6. The van der Waals surface area contributed by atoms with Gasteiger partial charge in [0, 0.05) is 115 Å². The second kappa shape index (κ2) is 66.2. The Morgan fingerprint density at radius 1 is 0.551 bits per heavy atom. The number of hydrogen-bond donors (Lipinski definition) is 8. The van der Waals surface area contributed by atoms with E-state index < -0.39 is 0 Å². The Morgan fingerprint density at radius 2 is 1.00 bits per heavy atom. The summed E-state index contributed by atoms with van der Waals surface area (Å²) in [6, 6.07) is 0.556. The number of carbonyl (C=O) groups is 8. The predicted octanol–water partition coefficient (Wildman–Crippen LogP) is 11.1. The molecule has 19 nitrogen and oxygen atoms in total. The Bertz CT molecular complexity index is 1670. The summed E-state index contributed by atoms with van der Waals surface area (Å²) in [4.78, 5) is 84.7. The maximum absolute atomic E-state index is 10.6. The van der Waals surface area contributed by atoms with Gasteiger partial charge in [0.2, 0.25) is 5.91 Å². The second-order valence-corrected chi connectivity index (χ2v) is 26.9. The van der Waals surface area contributed by atoms with Crippen LogP contribution in [0.5, 0.6) is 0 Å². The molecular formula is C70H149N7O12. The highest BCUT2D eigenvalue weighted by Crippen LogP contribution is 2.48. The first-order valence-electron chi connectivity index (χ1n) is 33.1. The molecule has 14 N–H and O–H groups in total. The highest BCUT2D eigenvalue weighted by molar-refractivity contribution is 5.79. The number of likely N-dealkylation sites (tertiary alicyclic amines) is 1. The molecule has 1 amide bonds. The van der Waals surface area contributed by atoms with E-state index in [0.29, 0.717) is 48.1 Å². The molecule has 0 spiro atoms. The SMILES string of the molecule is CC(=O)C(C)C(C)N.CC(=O)CC(C)C.CC(=O)CC(C)N.CC(=O)CC1(C)CC1.CC(=O)CC1CC(C)C1.CC(=O)N1CC(C)C1.CC(N)C(C)C(C)O.CC(N)CC(C)O.CCCC(C)=O.CCCCCC(C)=O.COC(C)C(C)N.COCC(C)N. The van der Waals surface area contributed by atoms with Gasteiger partial charge in [0.05, 0.1) is 24.9 Å². The quantitative estimate of drug-likeness (QED) is 0.0416. The zero-order valence-corrected chi connectivity index (χ0v) is 62.8. The van der Waals surface area contributed by atoms with Crippen molar-refractivity contribution >= 4 is 46.4 Å². The maximum Gasteiger partial charge on any atom is 0.219 e. The number of carbonyl (C=O) groups excluding carboxylic acids is 8. The number of ketones is 7. The number of nitrogens with two attached hydrogens (primary N) is 6. The van der Waals surface area contributed by atoms with Gasteiger partial charge in [0.15, 0.2) is 0 Å². The number of hydrogen-bond acceptors (Lipinski definition) is 18. The van der Waals surface area contributed by atoms with Gasteiger partial charge in [-0.05, 0) is 191 Å². The molecule has 89 heavy (non-hydrogen) atoms. The van der Waals surface area contributed by atoms with Crippen LogP contribution in [0.3, 0.4) is 0 Å². The number of rotatable bonds is 24. The van der Waals surface area contributed by atoms with Gasteiger partial charge in [-0.3, -0.25) is 14.4 Å². The topological polar surface area (TPSA) is 355 Å². The van der Waals surface area contributed by atoms with Crippen molar-refractivity contribution in [2.75, 3.05) is 33.9 Å². The summed E-state index contributed by atoms with van der Waals surface area (Å²) in [5.74, 6) is 5.22. The first kappa shape index (κ1) is 105. The smallest absolute Gasteiger partial charge is 0.219 e. The van der Waals surface area contributed by atoms with Crippen molar-refractivity contribution in [3.8, 4) is 0 Å². The average molecular weight is 1280 g/mol. The third-order valence-electron chi connectivity index (χ3n) is 13.7. The largest absolute Gasteiger partial charge is 0.393 e. The van der Waals surface area contributed by atoms with Crippen LogP contribution in [-0.4, -0.2) is 150 Å². The summed E-state index contributed by atoms with van der Waals surface area (Å²) in [6.07, 6.45) is 14.2. The van der Waals surface area contributed by atoms with Crippen molar-refractivity contribution in [1.29, 1.82) is 0 Å². The van der Waals surface area contributed by atoms with E-state index in [9.17, 15) is 38.4 Å². The Kier molecular flexibility index (Phi) is 77.8. The van der Waals surface area contributed by atoms with Crippen molar-refractivity contribution in [3.63, 3.8) is 0 Å². The summed E-state index contributed by atoms with van der Waals surface area (Å²) >= 11 is 0. The van der Waals surface area contributed by atoms with Crippen LogP contribution in [0.25, 0.3) is 0 Å². The van der Waals surface area contributed by atoms with Crippen LogP contribution in [0.4, 0.5) is 0 Å². The van der Waals surface area contributed by atoms with Crippen LogP contribution in [-0.2, 0) is 47.8 Å². The van der Waals surface area contributed by atoms with E-state index in [0.717, 1.165) is 75.8 Å². The van der Waals surface area contributed by atoms with Gasteiger partial charge in [-0.1, -0.05) is 75.2 Å². The molecule has 0 aromatic carbocycles. The van der Waals surface area contributed by atoms with Gasteiger partial charge in [-0.15, -0.1) is 0 Å². The van der Waals surface area contributed by atoms with E-state index in [2.05, 4.69) is 32.4 Å². The number of aliphatic hydroxyl groups is 2. The third kappa shape index (κ3) is 101. The lowest BCUT2D eigenvalue weighted by atomic mass is 9.74. The number of nitrogens with zero attached hydrogens (tertiary/aromatic N) is 1. The molecule has 1 saturated heterocycles. The van der Waals surface area contributed by atoms with Crippen molar-refractivity contribution in [3.05, 3.63) is 0 Å². The number of unbranched alkanes of at least 4 members (excludes halogenated alkanes) is 2. The Hall–Kier alpha value is -3.24. The molecule has 536 valence electrons. The van der Waals surface area contributed by atoms with E-state index in [1.165, 1.54) is 38.5 Å². The zero-order chi connectivity index (χ0) is 72.5. The molecule has 0 radical (unpaired) electrons. The van der Waals surface area contributed by atoms with Gasteiger partial charge in [0.1, 0.15) is 40.5 Å². The summed E-state index contributed by atoms with van der Waals surface area (Å²) < 4.78 is 9.56. The first-order chi connectivity index (χ1) is 40.5. The number of aliphatic hydroxyl groups excluding tert-OH is 2. The number of ether oxygens (including phenoxy) is 2. The highest BCUT2D eigenvalue weighted by Gasteiger charge is 2.37. The molecule has 2 saturated carbocycles. The standard InChI is InChI=1S/C8H14O.C7H12O.C7H14O.C6H11NO.C6H15NO.C6H13NO.C6H12O.2C5H13NO.C5H11NO.C5H10O.C4H11NO/c1-6-3-8(4-6)5-7(2)9;1-6(8)5-7(2)3-4-7;1-3-4-5-6-7(2)8;1-5-3-7(4-5)6(2)8;2*1-4(5(2)7)6(3)8;1-5(2)4-6(3)7;1-4(6)5(2)7-3;2*1-4(6)3-5(2)7;1-3-4-5(2)6;1-4(5)3-6-2/h6,8H,3-5H2,1-2H3;3-5H2,1-2H3;3-6H2,1-2H3;5H,3-4H2,1-2H3;4-6,8H,7H2,1-3H3;4-5H,7H2,1-3H3;5H,4H2,1-3H3;4-5H,6H2,1-3H3;4-5,7H,3,6H2,1-2H3;4H,3,6H2,1-2H3;3-4H2,1-2H3;4H,3,5H2,1-2H3. The van der Waals surface area contributed by atoms with E-state index in [-0.39, 0.29) is 95.4 Å². The molecule has 0 bridgehead atoms. The molecule has 3 aliphatic rings. The Labute approximate surface area is 547 Å². The van der Waals surface area contributed by atoms with Crippen molar-refractivity contribution in [2.24, 2.45) is 75.3 Å². The van der Waals surface area contributed by atoms with Gasteiger partial charge < -0.3 is 83.0 Å². The predicted molar refractivity (Wildman–Crippen MR) is 374 cm³/mol. The van der Waals surface area contributed by atoms with Crippen LogP contribution in [0.15, 0.2) is 0 Å². The summed E-state index contributed by atoms with van der Waals surface area (Å²) in [6.45, 7) is 50.9. The fourth-order valence-electron chi connectivity index (χ4n) is 7.42. The maximum atomic E-state index is 10.6. The monoisotopic (exact) mass is 1280 g/mol. The average Bonchev–Trinajstić information content (AvgIpc) is 4.07. The molecule has 3 fully saturated rings. The van der Waals surface area contributed by atoms with Crippen molar-refractivity contribution in [1.82, 2.24) is 4.90 Å². The Morgan fingerprint density at radius 3 is 1.09 bits per heavy atom. The van der Waals surface area contributed by atoms with E-state index in [1.807, 2.05) is 88.0 Å². The lowest BCUT2D eigenvalue weighted by Gasteiger charge is -2.36. The van der Waals surface area contributed by atoms with Crippen molar-refractivity contribution in [2.45, 2.75) is 331 Å². The van der Waals surface area contributed by atoms with Crippen LogP contribution < -0.4 is 34.4 Å². The number of Topliss-reactive ketones (excluding diaryl/α,β-unsaturated/α-hetero) is 7. The molecule has 11 atom stereocenters. The van der Waals surface area contributed by atoms with E-state index in [1.54, 1.807) is 83.5 Å². The van der Waals surface area contributed by atoms with Crippen LogP contribution in [0, 0.1) is 40.9 Å². The molecule has 3 rings (SSSR count).